The van der Waals surface area contributed by atoms with Crippen LogP contribution in [0.15, 0.2) is 73.1 Å². The number of nitrogen functional groups attached to an aromatic ring is 1. The third kappa shape index (κ3) is 8.44. The van der Waals surface area contributed by atoms with E-state index in [0.717, 1.165) is 35.5 Å². The minimum atomic E-state index is -4.07. The Balaban J connectivity index is 0.908. The minimum Gasteiger partial charge on any atom is -0.368 e. The van der Waals surface area contributed by atoms with E-state index in [1.165, 1.54) is 23.6 Å². The quantitative estimate of drug-likeness (QED) is 0.161. The van der Waals surface area contributed by atoms with Crippen LogP contribution in [0, 0.1) is 11.7 Å². The smallest absolute Gasteiger partial charge is 0.234 e. The Morgan fingerprint density at radius 1 is 0.933 bits per heavy atom. The van der Waals surface area contributed by atoms with Crippen LogP contribution in [-0.2, 0) is 24.4 Å². The number of rotatable bonds is 10. The van der Waals surface area contributed by atoms with E-state index in [4.69, 9.17) is 15.9 Å². The fraction of sp³-hybridized carbons (Fsp3) is 0.357. The van der Waals surface area contributed by atoms with Crippen molar-refractivity contribution >= 4 is 56.5 Å². The maximum Gasteiger partial charge on any atom is 0.234 e. The number of hydrogen-bond acceptors (Lipinski definition) is 13. The van der Waals surface area contributed by atoms with Crippen molar-refractivity contribution < 1.29 is 27.2 Å². The van der Waals surface area contributed by atoms with E-state index >= 15 is 4.39 Å². The van der Waals surface area contributed by atoms with Crippen molar-refractivity contribution in [3.05, 3.63) is 90.0 Å². The van der Waals surface area contributed by atoms with Crippen LogP contribution in [0.5, 0.6) is 0 Å². The van der Waals surface area contributed by atoms with Crippen LogP contribution < -0.4 is 26.0 Å². The second-order valence-electron chi connectivity index (χ2n) is 15.3. The zero-order valence-corrected chi connectivity index (χ0v) is 34.6. The molecule has 2 aromatic carbocycles. The van der Waals surface area contributed by atoms with Crippen molar-refractivity contribution in [1.29, 1.82) is 0 Å². The Kier molecular flexibility index (Phi) is 11.6. The van der Waals surface area contributed by atoms with Crippen LogP contribution in [0.2, 0.25) is 0 Å². The number of anilines is 3. The number of hydrogen-bond donors (Lipinski definition) is 3. The third-order valence-electron chi connectivity index (χ3n) is 11.6. The second kappa shape index (κ2) is 17.0. The van der Waals surface area contributed by atoms with Gasteiger partial charge in [0, 0.05) is 86.4 Å². The Morgan fingerprint density at radius 2 is 1.68 bits per heavy atom. The normalized spacial score (nSPS) is 18.4. The van der Waals surface area contributed by atoms with Gasteiger partial charge < -0.3 is 20.4 Å². The standard InChI is InChI=1S/C42H45FN10O5S2/c1-2-33(60(45,57)58)30-4-3-5-31(36(30)43)37-38(32-14-17-46-42(44)48-32)59-40(50-37)25-6-9-28(10-7-25)51-20-22-53(23-21-51)41(56)26-15-18-52(19-16-26)34-12-8-27(24-47-34)29-11-13-35(54)49-39(29)55/h3-10,12,14,17,24,26,29,33H,2,11,13,15-16,18-23H2,1H3,(H2,44,46,48)(H2,45,57,58)(H,49,54,55). The molecule has 5 N–H and O–H groups in total. The number of amides is 3. The number of imide groups is 1. The average molecular weight is 853 g/mol. The number of pyridine rings is 1. The average Bonchev–Trinajstić information content (AvgIpc) is 3.70. The Morgan fingerprint density at radius 3 is 2.33 bits per heavy atom. The Labute approximate surface area is 351 Å². The fourth-order valence-electron chi connectivity index (χ4n) is 8.33. The number of nitrogens with two attached hydrogens (primary N) is 2. The molecule has 0 saturated carbocycles. The molecule has 2 unspecified atom stereocenters. The molecule has 3 amide bonds. The lowest BCUT2D eigenvalue weighted by Gasteiger charge is -2.39. The first-order valence-corrected chi connectivity index (χ1v) is 22.4. The van der Waals surface area contributed by atoms with Crippen LogP contribution in [0.3, 0.4) is 0 Å². The van der Waals surface area contributed by atoms with Crippen molar-refractivity contribution in [2.75, 3.05) is 54.8 Å². The van der Waals surface area contributed by atoms with Gasteiger partial charge in [0.25, 0.3) is 0 Å². The Hall–Kier alpha value is -5.85. The predicted octanol–water partition coefficient (Wildman–Crippen LogP) is 4.88. The molecule has 0 aliphatic carbocycles. The number of piperidine rings is 2. The summed E-state index contributed by atoms with van der Waals surface area (Å²) in [7, 11) is -4.07. The van der Waals surface area contributed by atoms with Gasteiger partial charge in [-0.3, -0.25) is 19.7 Å². The molecule has 312 valence electrons. The summed E-state index contributed by atoms with van der Waals surface area (Å²) in [5.41, 5.74) is 9.37. The number of thiazole rings is 1. The highest BCUT2D eigenvalue weighted by molar-refractivity contribution is 7.89. The number of carbonyl (C=O) groups is 3. The van der Waals surface area contributed by atoms with Gasteiger partial charge in [-0.15, -0.1) is 11.3 Å². The van der Waals surface area contributed by atoms with Gasteiger partial charge in [0.2, 0.25) is 33.7 Å². The number of carbonyl (C=O) groups excluding carboxylic acids is 3. The van der Waals surface area contributed by atoms with Gasteiger partial charge in [-0.2, -0.15) is 0 Å². The van der Waals surface area contributed by atoms with Gasteiger partial charge in [0.1, 0.15) is 21.9 Å². The molecule has 0 spiro atoms. The highest BCUT2D eigenvalue weighted by atomic mass is 32.2. The summed E-state index contributed by atoms with van der Waals surface area (Å²) in [4.78, 5) is 62.3. The third-order valence-corrected chi connectivity index (χ3v) is 14.1. The number of sulfonamides is 1. The number of piperazine rings is 1. The summed E-state index contributed by atoms with van der Waals surface area (Å²) in [6.07, 6.45) is 5.59. The van der Waals surface area contributed by atoms with Gasteiger partial charge in [-0.1, -0.05) is 25.1 Å². The van der Waals surface area contributed by atoms with E-state index in [-0.39, 0.29) is 53.1 Å². The van der Waals surface area contributed by atoms with Crippen molar-refractivity contribution in [3.63, 3.8) is 0 Å². The highest BCUT2D eigenvalue weighted by Crippen LogP contribution is 2.43. The van der Waals surface area contributed by atoms with Crippen LogP contribution in [0.25, 0.3) is 32.4 Å². The van der Waals surface area contributed by atoms with E-state index in [0.29, 0.717) is 73.4 Å². The second-order valence-corrected chi connectivity index (χ2v) is 18.0. The van der Waals surface area contributed by atoms with Gasteiger partial charge in [0.05, 0.1) is 22.2 Å². The first kappa shape index (κ1) is 40.9. The summed E-state index contributed by atoms with van der Waals surface area (Å²) in [5, 5.41) is 7.27. The first-order valence-electron chi connectivity index (χ1n) is 20.0. The summed E-state index contributed by atoms with van der Waals surface area (Å²) in [6.45, 7) is 5.65. The van der Waals surface area contributed by atoms with Gasteiger partial charge in [-0.25, -0.2) is 37.9 Å². The van der Waals surface area contributed by atoms with Crippen LogP contribution in [-0.4, -0.2) is 90.2 Å². The van der Waals surface area contributed by atoms with Gasteiger partial charge in [-0.05, 0) is 73.7 Å². The van der Waals surface area contributed by atoms with E-state index in [1.54, 1.807) is 31.3 Å². The molecule has 5 aromatic rings. The number of halogens is 1. The molecular formula is C42H45FN10O5S2. The molecule has 3 saturated heterocycles. The van der Waals surface area contributed by atoms with Crippen LogP contribution >= 0.6 is 11.3 Å². The largest absolute Gasteiger partial charge is 0.368 e. The molecular weight excluding hydrogens is 808 g/mol. The summed E-state index contributed by atoms with van der Waals surface area (Å²) < 4.78 is 41.0. The van der Waals surface area contributed by atoms with Crippen molar-refractivity contribution in [3.8, 4) is 32.4 Å². The lowest BCUT2D eigenvalue weighted by Crippen LogP contribution is -2.51. The van der Waals surface area contributed by atoms with Crippen molar-refractivity contribution in [2.45, 2.75) is 50.2 Å². The van der Waals surface area contributed by atoms with Gasteiger partial charge >= 0.3 is 0 Å². The molecule has 2 atom stereocenters. The number of nitrogens with one attached hydrogen (secondary N) is 1. The van der Waals surface area contributed by atoms with Crippen LogP contribution in [0.1, 0.15) is 61.3 Å². The maximum absolute atomic E-state index is 16.2. The van der Waals surface area contributed by atoms with Crippen molar-refractivity contribution in [1.82, 2.24) is 30.2 Å². The summed E-state index contributed by atoms with van der Waals surface area (Å²) >= 11 is 1.31. The molecule has 0 bridgehead atoms. The van der Waals surface area contributed by atoms with Gasteiger partial charge in [0.15, 0.2) is 0 Å². The summed E-state index contributed by atoms with van der Waals surface area (Å²) in [5.74, 6) is -0.621. The minimum absolute atomic E-state index is 0.0259. The molecule has 8 rings (SSSR count). The van der Waals surface area contributed by atoms with E-state index < -0.39 is 21.1 Å². The molecule has 3 fully saturated rings. The maximum atomic E-state index is 16.2. The SMILES string of the molecule is CCC(c1cccc(-c2nc(-c3ccc(N4CCN(C(=O)C5CCN(c6ccc(C7CCC(=O)NC7=O)cn6)CC5)CC4)cc3)sc2-c2ccnc(N)n2)c1F)S(N)(=O)=O. The zero-order valence-electron chi connectivity index (χ0n) is 33.0. The molecule has 3 aliphatic heterocycles. The van der Waals surface area contributed by atoms with E-state index in [9.17, 15) is 22.8 Å². The number of aromatic nitrogens is 4. The number of benzene rings is 2. The molecule has 15 nitrogen and oxygen atoms in total. The highest BCUT2D eigenvalue weighted by Gasteiger charge is 2.33. The summed E-state index contributed by atoms with van der Waals surface area (Å²) in [6, 6.07) is 18.0. The molecule has 18 heteroatoms. The predicted molar refractivity (Wildman–Crippen MR) is 228 cm³/mol. The lowest BCUT2D eigenvalue weighted by molar-refractivity contribution is -0.136. The molecule has 6 heterocycles. The molecule has 3 aliphatic rings. The van der Waals surface area contributed by atoms with E-state index in [1.807, 2.05) is 41.3 Å². The number of nitrogens with zero attached hydrogens (tertiary/aromatic N) is 7. The molecule has 3 aromatic heterocycles. The zero-order chi connectivity index (χ0) is 42.1. The van der Waals surface area contributed by atoms with E-state index in [2.05, 4.69) is 30.1 Å². The number of primary sulfonamides is 1. The first-order chi connectivity index (χ1) is 28.9. The van der Waals surface area contributed by atoms with Crippen LogP contribution in [0.4, 0.5) is 21.8 Å². The monoisotopic (exact) mass is 852 g/mol. The Bertz CT molecular complexity index is 2520. The lowest BCUT2D eigenvalue weighted by atomic mass is 9.91. The molecule has 60 heavy (non-hydrogen) atoms. The van der Waals surface area contributed by atoms with Crippen molar-refractivity contribution in [2.24, 2.45) is 11.1 Å². The fourth-order valence-corrected chi connectivity index (χ4v) is 10.4. The topological polar surface area (TPSA) is 211 Å². The molecule has 0 radical (unpaired) electrons.